The molecule has 20 heavy (non-hydrogen) atoms. The molecule has 0 aromatic heterocycles. The molecule has 3 fully saturated rings. The third kappa shape index (κ3) is 2.97. The van der Waals surface area contributed by atoms with E-state index in [1.807, 2.05) is 0 Å². The van der Waals surface area contributed by atoms with Crippen LogP contribution >= 0.6 is 12.4 Å². The number of hydrogen-bond donors (Lipinski definition) is 1. The van der Waals surface area contributed by atoms with Gasteiger partial charge in [0.2, 0.25) is 5.91 Å². The van der Waals surface area contributed by atoms with Gasteiger partial charge in [-0.2, -0.15) is 0 Å². The van der Waals surface area contributed by atoms with Gasteiger partial charge < -0.3 is 15.4 Å². The van der Waals surface area contributed by atoms with Crippen molar-refractivity contribution in [3.8, 4) is 0 Å². The number of nitrogens with two attached hydrogens (primary N) is 1. The number of carbonyl (C=O) groups is 1. The fraction of sp³-hybridized carbons (Fsp3) is 0.933. The first-order valence-corrected chi connectivity index (χ1v) is 7.89. The minimum atomic E-state index is 0. The van der Waals surface area contributed by atoms with Crippen molar-refractivity contribution in [2.75, 3.05) is 26.3 Å². The van der Waals surface area contributed by atoms with E-state index in [4.69, 9.17) is 10.5 Å². The summed E-state index contributed by atoms with van der Waals surface area (Å²) in [4.78, 5) is 15.0. The highest BCUT2D eigenvalue weighted by molar-refractivity contribution is 5.85. The van der Waals surface area contributed by atoms with Gasteiger partial charge in [-0.25, -0.2) is 0 Å². The quantitative estimate of drug-likeness (QED) is 0.846. The fourth-order valence-electron chi connectivity index (χ4n) is 4.29. The molecule has 0 radical (unpaired) electrons. The highest BCUT2D eigenvalue weighted by atomic mass is 35.5. The smallest absolute Gasteiger partial charge is 0.226 e. The van der Waals surface area contributed by atoms with Crippen molar-refractivity contribution in [1.29, 1.82) is 0 Å². The van der Waals surface area contributed by atoms with E-state index < -0.39 is 0 Å². The van der Waals surface area contributed by atoms with Gasteiger partial charge in [0.15, 0.2) is 0 Å². The number of amides is 1. The first-order valence-electron chi connectivity index (χ1n) is 7.89. The monoisotopic (exact) mass is 302 g/mol. The lowest BCUT2D eigenvalue weighted by molar-refractivity contribution is -0.146. The van der Waals surface area contributed by atoms with E-state index in [9.17, 15) is 4.79 Å². The van der Waals surface area contributed by atoms with Crippen molar-refractivity contribution in [3.05, 3.63) is 0 Å². The molecule has 0 bridgehead atoms. The summed E-state index contributed by atoms with van der Waals surface area (Å²) in [6.07, 6.45) is 6.73. The zero-order valence-electron chi connectivity index (χ0n) is 12.1. The summed E-state index contributed by atoms with van der Waals surface area (Å²) in [5.41, 5.74) is 5.83. The molecule has 2 aliphatic heterocycles. The maximum absolute atomic E-state index is 12.9. The molecule has 4 nitrogen and oxygen atoms in total. The number of ether oxygens (including phenoxy) is 1. The lowest BCUT2D eigenvalue weighted by Crippen LogP contribution is -2.54. The van der Waals surface area contributed by atoms with Crippen molar-refractivity contribution in [3.63, 3.8) is 0 Å². The number of piperidine rings is 1. The molecule has 1 saturated carbocycles. The summed E-state index contributed by atoms with van der Waals surface area (Å²) >= 11 is 0. The van der Waals surface area contributed by atoms with E-state index in [2.05, 4.69) is 4.90 Å². The molecule has 2 saturated heterocycles. The van der Waals surface area contributed by atoms with Gasteiger partial charge in [0.1, 0.15) is 0 Å². The third-order valence-electron chi connectivity index (χ3n) is 5.37. The minimum Gasteiger partial charge on any atom is -0.381 e. The van der Waals surface area contributed by atoms with Crippen molar-refractivity contribution < 1.29 is 9.53 Å². The van der Waals surface area contributed by atoms with Crippen LogP contribution in [-0.4, -0.2) is 43.2 Å². The largest absolute Gasteiger partial charge is 0.381 e. The third-order valence-corrected chi connectivity index (χ3v) is 5.37. The Morgan fingerprint density at radius 3 is 2.85 bits per heavy atom. The summed E-state index contributed by atoms with van der Waals surface area (Å²) in [5.74, 6) is 1.59. The number of nitrogens with zero attached hydrogens (tertiary/aromatic N) is 1. The average Bonchev–Trinajstić information content (AvgIpc) is 2.94. The predicted molar refractivity (Wildman–Crippen MR) is 80.8 cm³/mol. The van der Waals surface area contributed by atoms with E-state index in [1.165, 1.54) is 12.8 Å². The van der Waals surface area contributed by atoms with Crippen molar-refractivity contribution in [1.82, 2.24) is 4.90 Å². The molecule has 2 unspecified atom stereocenters. The fourth-order valence-corrected chi connectivity index (χ4v) is 4.29. The second kappa shape index (κ2) is 7.10. The van der Waals surface area contributed by atoms with Gasteiger partial charge in [0, 0.05) is 31.0 Å². The lowest BCUT2D eigenvalue weighted by atomic mass is 9.84. The average molecular weight is 303 g/mol. The number of carbonyl (C=O) groups excluding carboxylic acids is 1. The second-order valence-electron chi connectivity index (χ2n) is 6.40. The molecular weight excluding hydrogens is 276 g/mol. The standard InChI is InChI=1S/C15H26N2O2.ClH/c16-9-11-3-1-5-13(11)15(18)17-7-2-4-12-10-19-8-6-14(12)17;/h11-14H,1-10,16H2;1H/t11-,12?,13-,14?;/m1./s1. The molecule has 1 aliphatic carbocycles. The van der Waals surface area contributed by atoms with Crippen LogP contribution in [-0.2, 0) is 9.53 Å². The van der Waals surface area contributed by atoms with Gasteiger partial charge in [-0.05, 0) is 44.6 Å². The van der Waals surface area contributed by atoms with Crippen molar-refractivity contribution >= 4 is 18.3 Å². The molecular formula is C15H27ClN2O2. The Morgan fingerprint density at radius 1 is 1.20 bits per heavy atom. The van der Waals surface area contributed by atoms with E-state index in [1.54, 1.807) is 0 Å². The molecule has 5 heteroatoms. The normalized spacial score (nSPS) is 37.1. The van der Waals surface area contributed by atoms with Crippen LogP contribution < -0.4 is 5.73 Å². The van der Waals surface area contributed by atoms with Crippen LogP contribution in [0.3, 0.4) is 0 Å². The zero-order chi connectivity index (χ0) is 13.2. The Kier molecular flexibility index (Phi) is 5.70. The summed E-state index contributed by atoms with van der Waals surface area (Å²) in [6.45, 7) is 3.28. The number of fused-ring (bicyclic) bond motifs is 1. The molecule has 2 heterocycles. The molecule has 2 N–H and O–H groups in total. The molecule has 0 aromatic carbocycles. The van der Waals surface area contributed by atoms with Gasteiger partial charge in [0.25, 0.3) is 0 Å². The maximum Gasteiger partial charge on any atom is 0.226 e. The lowest BCUT2D eigenvalue weighted by Gasteiger charge is -2.45. The highest BCUT2D eigenvalue weighted by Crippen LogP contribution is 2.36. The van der Waals surface area contributed by atoms with Gasteiger partial charge in [-0.15, -0.1) is 12.4 Å². The number of likely N-dealkylation sites (tertiary alicyclic amines) is 1. The molecule has 4 atom stereocenters. The van der Waals surface area contributed by atoms with Crippen molar-refractivity contribution in [2.45, 2.75) is 44.6 Å². The molecule has 1 amide bonds. The summed E-state index contributed by atoms with van der Waals surface area (Å²) < 4.78 is 5.58. The summed E-state index contributed by atoms with van der Waals surface area (Å²) in [6, 6.07) is 0.439. The number of hydrogen-bond acceptors (Lipinski definition) is 3. The van der Waals surface area contributed by atoms with E-state index in [-0.39, 0.29) is 18.3 Å². The van der Waals surface area contributed by atoms with Crippen LogP contribution in [0.5, 0.6) is 0 Å². The topological polar surface area (TPSA) is 55.6 Å². The Hall–Kier alpha value is -0.320. The summed E-state index contributed by atoms with van der Waals surface area (Å²) in [5, 5.41) is 0. The van der Waals surface area contributed by atoms with Crippen LogP contribution in [0.1, 0.15) is 38.5 Å². The maximum atomic E-state index is 12.9. The minimum absolute atomic E-state index is 0. The summed E-state index contributed by atoms with van der Waals surface area (Å²) in [7, 11) is 0. The molecule has 3 aliphatic rings. The van der Waals surface area contributed by atoms with Gasteiger partial charge in [-0.1, -0.05) is 6.42 Å². The molecule has 0 aromatic rings. The van der Waals surface area contributed by atoms with E-state index >= 15 is 0 Å². The Morgan fingerprint density at radius 2 is 2.05 bits per heavy atom. The first kappa shape index (κ1) is 16.1. The van der Waals surface area contributed by atoms with E-state index in [0.29, 0.717) is 30.3 Å². The molecule has 3 rings (SSSR count). The Bertz CT molecular complexity index is 338. The Balaban J connectivity index is 0.00000147. The van der Waals surface area contributed by atoms with Crippen LogP contribution in [0.2, 0.25) is 0 Å². The highest BCUT2D eigenvalue weighted by Gasteiger charge is 2.41. The number of rotatable bonds is 2. The predicted octanol–water partition coefficient (Wildman–Crippen LogP) is 1.81. The second-order valence-corrected chi connectivity index (χ2v) is 6.40. The molecule has 116 valence electrons. The van der Waals surface area contributed by atoms with Crippen LogP contribution in [0.4, 0.5) is 0 Å². The van der Waals surface area contributed by atoms with E-state index in [0.717, 1.165) is 45.4 Å². The van der Waals surface area contributed by atoms with Crippen LogP contribution in [0, 0.1) is 17.8 Å². The number of halogens is 1. The zero-order valence-corrected chi connectivity index (χ0v) is 12.9. The first-order chi connectivity index (χ1) is 9.31. The molecule has 0 spiro atoms. The van der Waals surface area contributed by atoms with Gasteiger partial charge in [0.05, 0.1) is 6.61 Å². The van der Waals surface area contributed by atoms with Crippen molar-refractivity contribution in [2.24, 2.45) is 23.5 Å². The van der Waals surface area contributed by atoms with Gasteiger partial charge in [-0.3, -0.25) is 4.79 Å². The van der Waals surface area contributed by atoms with Gasteiger partial charge >= 0.3 is 0 Å². The van der Waals surface area contributed by atoms with Crippen LogP contribution in [0.15, 0.2) is 0 Å². The van der Waals surface area contributed by atoms with Crippen LogP contribution in [0.25, 0.3) is 0 Å². The SMILES string of the molecule is Cl.NC[C@H]1CCC[C@H]1C(=O)N1CCCC2COCCC21. The Labute approximate surface area is 127 Å².